The molecule has 0 aromatic heterocycles. The molecule has 1 aromatic rings. The minimum absolute atomic E-state index is 0.840. The Balaban J connectivity index is 2.98. The molecule has 0 amide bonds. The summed E-state index contributed by atoms with van der Waals surface area (Å²) in [4.78, 5) is 0. The third-order valence-corrected chi connectivity index (χ3v) is 2.40. The van der Waals surface area contributed by atoms with E-state index in [1.165, 1.54) is 0 Å². The van der Waals surface area contributed by atoms with E-state index in [9.17, 15) is 0 Å². The van der Waals surface area contributed by atoms with Gasteiger partial charge in [-0.05, 0) is 44.1 Å². The number of hydrogen-bond acceptors (Lipinski definition) is 1. The third kappa shape index (κ3) is 3.13. The number of aryl methyl sites for hydroxylation is 1. The SMILES string of the molecule is C=C/C=C(Oc1ccccc1C)\C(C)=C/C. The molecule has 0 bridgehead atoms. The van der Waals surface area contributed by atoms with Gasteiger partial charge in [-0.2, -0.15) is 0 Å². The summed E-state index contributed by atoms with van der Waals surface area (Å²) in [6, 6.07) is 7.97. The summed E-state index contributed by atoms with van der Waals surface area (Å²) in [7, 11) is 0. The van der Waals surface area contributed by atoms with Crippen LogP contribution in [-0.2, 0) is 0 Å². The van der Waals surface area contributed by atoms with Gasteiger partial charge in [-0.1, -0.05) is 36.9 Å². The van der Waals surface area contributed by atoms with Gasteiger partial charge in [0.05, 0.1) is 0 Å². The molecule has 1 rings (SSSR count). The van der Waals surface area contributed by atoms with Gasteiger partial charge < -0.3 is 4.74 Å². The molecule has 1 aromatic carbocycles. The molecule has 0 radical (unpaired) electrons. The molecule has 0 aliphatic carbocycles. The van der Waals surface area contributed by atoms with Crippen LogP contribution in [0.1, 0.15) is 19.4 Å². The van der Waals surface area contributed by atoms with Crippen molar-refractivity contribution in [2.24, 2.45) is 0 Å². The maximum absolute atomic E-state index is 5.86. The van der Waals surface area contributed by atoms with E-state index in [-0.39, 0.29) is 0 Å². The van der Waals surface area contributed by atoms with E-state index in [0.717, 1.165) is 22.6 Å². The fourth-order valence-electron chi connectivity index (χ4n) is 1.28. The van der Waals surface area contributed by atoms with Crippen LogP contribution in [0.3, 0.4) is 0 Å². The maximum Gasteiger partial charge on any atom is 0.130 e. The van der Waals surface area contributed by atoms with Crippen molar-refractivity contribution in [1.29, 1.82) is 0 Å². The number of para-hydroxylation sites is 1. The van der Waals surface area contributed by atoms with Crippen molar-refractivity contribution in [2.45, 2.75) is 20.8 Å². The molecule has 0 heterocycles. The van der Waals surface area contributed by atoms with Crippen LogP contribution in [0.15, 0.2) is 60.4 Å². The lowest BCUT2D eigenvalue weighted by Gasteiger charge is -2.12. The van der Waals surface area contributed by atoms with Crippen molar-refractivity contribution in [2.75, 3.05) is 0 Å². The van der Waals surface area contributed by atoms with Gasteiger partial charge in [-0.15, -0.1) is 0 Å². The van der Waals surface area contributed by atoms with Crippen LogP contribution < -0.4 is 4.74 Å². The first-order valence-electron chi connectivity index (χ1n) is 5.38. The van der Waals surface area contributed by atoms with E-state index in [0.29, 0.717) is 0 Å². The summed E-state index contributed by atoms with van der Waals surface area (Å²) in [6.07, 6.45) is 5.63. The molecule has 0 spiro atoms. The molecule has 0 N–H and O–H groups in total. The molecule has 0 saturated heterocycles. The van der Waals surface area contributed by atoms with Crippen LogP contribution in [0.25, 0.3) is 0 Å². The number of ether oxygens (including phenoxy) is 1. The zero-order chi connectivity index (χ0) is 12.0. The Morgan fingerprint density at radius 1 is 1.31 bits per heavy atom. The quantitative estimate of drug-likeness (QED) is 0.533. The van der Waals surface area contributed by atoms with E-state index in [4.69, 9.17) is 4.74 Å². The summed E-state index contributed by atoms with van der Waals surface area (Å²) in [6.45, 7) is 9.75. The zero-order valence-electron chi connectivity index (χ0n) is 10.2. The van der Waals surface area contributed by atoms with Crippen LogP contribution in [-0.4, -0.2) is 0 Å². The summed E-state index contributed by atoms with van der Waals surface area (Å²) < 4.78 is 5.86. The first-order valence-corrected chi connectivity index (χ1v) is 5.38. The standard InChI is InChI=1S/C15H18O/c1-5-9-14(12(3)6-2)16-15-11-8-7-10-13(15)4/h5-11H,1H2,2-4H3/b12-6-,14-9+. The predicted octanol–water partition coefficient (Wildman–Crippen LogP) is 4.41. The fourth-order valence-corrected chi connectivity index (χ4v) is 1.28. The zero-order valence-corrected chi connectivity index (χ0v) is 10.2. The number of hydrogen-bond donors (Lipinski definition) is 0. The minimum Gasteiger partial charge on any atom is -0.457 e. The normalized spacial score (nSPS) is 12.4. The predicted molar refractivity (Wildman–Crippen MR) is 69.5 cm³/mol. The van der Waals surface area contributed by atoms with E-state index < -0.39 is 0 Å². The van der Waals surface area contributed by atoms with Gasteiger partial charge in [0.1, 0.15) is 11.5 Å². The highest BCUT2D eigenvalue weighted by Crippen LogP contribution is 2.22. The summed E-state index contributed by atoms with van der Waals surface area (Å²) in [5, 5.41) is 0. The van der Waals surface area contributed by atoms with Gasteiger partial charge in [0, 0.05) is 0 Å². The van der Waals surface area contributed by atoms with Gasteiger partial charge in [0.25, 0.3) is 0 Å². The average Bonchev–Trinajstić information content (AvgIpc) is 2.30. The highest BCUT2D eigenvalue weighted by atomic mass is 16.5. The van der Waals surface area contributed by atoms with Gasteiger partial charge in [0.2, 0.25) is 0 Å². The van der Waals surface area contributed by atoms with Crippen LogP contribution >= 0.6 is 0 Å². The Bertz CT molecular complexity index is 425. The highest BCUT2D eigenvalue weighted by Gasteiger charge is 2.03. The Morgan fingerprint density at radius 2 is 2.00 bits per heavy atom. The van der Waals surface area contributed by atoms with Crippen molar-refractivity contribution in [3.63, 3.8) is 0 Å². The molecular weight excluding hydrogens is 196 g/mol. The van der Waals surface area contributed by atoms with Crippen molar-refractivity contribution in [3.05, 3.63) is 66.0 Å². The van der Waals surface area contributed by atoms with E-state index in [1.54, 1.807) is 6.08 Å². The van der Waals surface area contributed by atoms with Crippen molar-refractivity contribution in [3.8, 4) is 5.75 Å². The van der Waals surface area contributed by atoms with E-state index >= 15 is 0 Å². The van der Waals surface area contributed by atoms with Crippen molar-refractivity contribution >= 4 is 0 Å². The molecule has 1 nitrogen and oxygen atoms in total. The summed E-state index contributed by atoms with van der Waals surface area (Å²) in [5.74, 6) is 1.73. The van der Waals surface area contributed by atoms with Gasteiger partial charge >= 0.3 is 0 Å². The minimum atomic E-state index is 0.840. The first kappa shape index (κ1) is 12.3. The molecular formula is C15H18O. The molecule has 0 saturated carbocycles. The van der Waals surface area contributed by atoms with Crippen molar-refractivity contribution in [1.82, 2.24) is 0 Å². The van der Waals surface area contributed by atoms with E-state index in [2.05, 4.69) is 6.58 Å². The molecule has 16 heavy (non-hydrogen) atoms. The van der Waals surface area contributed by atoms with Crippen molar-refractivity contribution < 1.29 is 4.74 Å². The topological polar surface area (TPSA) is 9.23 Å². The fraction of sp³-hybridized carbons (Fsp3) is 0.200. The Kier molecular flexibility index (Phi) is 4.59. The third-order valence-electron chi connectivity index (χ3n) is 2.40. The number of rotatable bonds is 4. The largest absolute Gasteiger partial charge is 0.457 e. The molecule has 0 aliphatic heterocycles. The Morgan fingerprint density at radius 3 is 2.56 bits per heavy atom. The van der Waals surface area contributed by atoms with E-state index in [1.807, 2.05) is 57.2 Å². The molecule has 0 atom stereocenters. The Hall–Kier alpha value is -1.76. The molecule has 84 valence electrons. The second-order valence-corrected chi connectivity index (χ2v) is 3.61. The Labute approximate surface area is 97.8 Å². The summed E-state index contributed by atoms with van der Waals surface area (Å²) >= 11 is 0. The highest BCUT2D eigenvalue weighted by molar-refractivity contribution is 5.37. The van der Waals surface area contributed by atoms with Gasteiger partial charge in [-0.25, -0.2) is 0 Å². The lowest BCUT2D eigenvalue weighted by molar-refractivity contribution is 0.433. The average molecular weight is 214 g/mol. The molecule has 1 heteroatoms. The lowest BCUT2D eigenvalue weighted by atomic mass is 10.2. The molecule has 0 aliphatic rings. The lowest BCUT2D eigenvalue weighted by Crippen LogP contribution is -1.98. The smallest absolute Gasteiger partial charge is 0.130 e. The second kappa shape index (κ2) is 5.96. The maximum atomic E-state index is 5.86. The van der Waals surface area contributed by atoms with Crippen LogP contribution in [0.4, 0.5) is 0 Å². The van der Waals surface area contributed by atoms with Crippen LogP contribution in [0, 0.1) is 6.92 Å². The molecule has 0 fully saturated rings. The van der Waals surface area contributed by atoms with Crippen LogP contribution in [0.5, 0.6) is 5.75 Å². The second-order valence-electron chi connectivity index (χ2n) is 3.61. The molecule has 0 unspecified atom stereocenters. The van der Waals surface area contributed by atoms with Gasteiger partial charge in [0.15, 0.2) is 0 Å². The van der Waals surface area contributed by atoms with Gasteiger partial charge in [-0.3, -0.25) is 0 Å². The number of allylic oxidation sites excluding steroid dienone is 4. The van der Waals surface area contributed by atoms with Crippen LogP contribution in [0.2, 0.25) is 0 Å². The number of benzene rings is 1. The summed E-state index contributed by atoms with van der Waals surface area (Å²) in [5.41, 5.74) is 2.23. The first-order chi connectivity index (χ1) is 7.69. The monoisotopic (exact) mass is 214 g/mol.